The Hall–Kier alpha value is -3.09. The van der Waals surface area contributed by atoms with Crippen molar-refractivity contribution in [3.63, 3.8) is 0 Å². The molecule has 1 aromatic carbocycles. The van der Waals surface area contributed by atoms with Crippen LogP contribution >= 0.6 is 0 Å². The first-order valence-electron chi connectivity index (χ1n) is 10.3. The van der Waals surface area contributed by atoms with Gasteiger partial charge in [0.1, 0.15) is 17.8 Å². The van der Waals surface area contributed by atoms with Gasteiger partial charge in [-0.25, -0.2) is 9.97 Å². The minimum absolute atomic E-state index is 0.0151. The molecule has 0 bridgehead atoms. The molecule has 0 radical (unpaired) electrons. The number of fused-ring (bicyclic) bond motifs is 1. The number of anilines is 2. The van der Waals surface area contributed by atoms with Crippen molar-refractivity contribution in [2.24, 2.45) is 0 Å². The number of benzene rings is 1. The average Bonchev–Trinajstić information content (AvgIpc) is 3.21. The molecule has 0 spiro atoms. The Morgan fingerprint density at radius 3 is 3.07 bits per heavy atom. The summed E-state index contributed by atoms with van der Waals surface area (Å²) >= 11 is 0. The smallest absolute Gasteiger partial charge is 0.239 e. The predicted molar refractivity (Wildman–Crippen MR) is 116 cm³/mol. The SMILES string of the molecule is CC(C)c1cccc(NCC(=O)N[C@H]2CCCN(c3ncnc4[nH]ccc34)C2)c1. The van der Waals surface area contributed by atoms with E-state index in [-0.39, 0.29) is 18.5 Å². The van der Waals surface area contributed by atoms with Crippen molar-refractivity contribution in [1.29, 1.82) is 0 Å². The Kier molecular flexibility index (Phi) is 5.64. The molecule has 1 saturated heterocycles. The highest BCUT2D eigenvalue weighted by Crippen LogP contribution is 2.25. The fraction of sp³-hybridized carbons (Fsp3) is 0.409. The summed E-state index contributed by atoms with van der Waals surface area (Å²) in [6.45, 7) is 6.29. The molecule has 4 rings (SSSR count). The van der Waals surface area contributed by atoms with Crippen molar-refractivity contribution in [3.05, 3.63) is 48.4 Å². The van der Waals surface area contributed by atoms with Crippen LogP contribution in [0.5, 0.6) is 0 Å². The zero-order valence-electron chi connectivity index (χ0n) is 17.0. The first-order valence-corrected chi connectivity index (χ1v) is 10.3. The number of nitrogens with zero attached hydrogens (tertiary/aromatic N) is 3. The van der Waals surface area contributed by atoms with Crippen LogP contribution in [0.3, 0.4) is 0 Å². The molecule has 3 aromatic rings. The number of H-pyrrole nitrogens is 1. The highest BCUT2D eigenvalue weighted by atomic mass is 16.2. The van der Waals surface area contributed by atoms with Crippen molar-refractivity contribution < 1.29 is 4.79 Å². The Bertz CT molecular complexity index is 982. The topological polar surface area (TPSA) is 85.9 Å². The zero-order chi connectivity index (χ0) is 20.2. The van der Waals surface area contributed by atoms with Gasteiger partial charge in [0, 0.05) is 31.0 Å². The van der Waals surface area contributed by atoms with Gasteiger partial charge < -0.3 is 20.5 Å². The molecule has 1 atom stereocenters. The molecule has 1 fully saturated rings. The van der Waals surface area contributed by atoms with Crippen LogP contribution in [0.15, 0.2) is 42.9 Å². The lowest BCUT2D eigenvalue weighted by Crippen LogP contribution is -2.49. The third-order valence-electron chi connectivity index (χ3n) is 5.43. The van der Waals surface area contributed by atoms with E-state index in [9.17, 15) is 4.79 Å². The molecule has 7 nitrogen and oxygen atoms in total. The molecule has 7 heteroatoms. The standard InChI is InChI=1S/C22H28N6O/c1-15(2)16-5-3-6-17(11-16)24-12-20(29)27-18-7-4-10-28(13-18)22-19-8-9-23-21(19)25-14-26-22/h3,5-6,8-9,11,14-15,18,24H,4,7,10,12-13H2,1-2H3,(H,27,29)(H,23,25,26)/t18-/m0/s1. The van der Waals surface area contributed by atoms with Crippen LogP contribution in [0.25, 0.3) is 11.0 Å². The molecule has 29 heavy (non-hydrogen) atoms. The summed E-state index contributed by atoms with van der Waals surface area (Å²) in [5.74, 6) is 1.41. The van der Waals surface area contributed by atoms with E-state index in [1.807, 2.05) is 24.4 Å². The van der Waals surface area contributed by atoms with Crippen LogP contribution in [0, 0.1) is 0 Å². The third-order valence-corrected chi connectivity index (χ3v) is 5.43. The van der Waals surface area contributed by atoms with Gasteiger partial charge in [-0.2, -0.15) is 0 Å². The Balaban J connectivity index is 1.34. The Morgan fingerprint density at radius 2 is 2.21 bits per heavy atom. The van der Waals surface area contributed by atoms with Crippen LogP contribution < -0.4 is 15.5 Å². The molecule has 3 N–H and O–H groups in total. The second kappa shape index (κ2) is 8.51. The van der Waals surface area contributed by atoms with E-state index >= 15 is 0 Å². The summed E-state index contributed by atoms with van der Waals surface area (Å²) in [6, 6.07) is 10.4. The molecule has 0 saturated carbocycles. The van der Waals surface area contributed by atoms with Crippen molar-refractivity contribution in [2.45, 2.75) is 38.6 Å². The number of amides is 1. The normalized spacial score (nSPS) is 16.9. The van der Waals surface area contributed by atoms with Gasteiger partial charge in [0.25, 0.3) is 0 Å². The van der Waals surface area contributed by atoms with Gasteiger partial charge in [-0.1, -0.05) is 26.0 Å². The van der Waals surface area contributed by atoms with Crippen molar-refractivity contribution in [2.75, 3.05) is 29.9 Å². The van der Waals surface area contributed by atoms with E-state index in [1.54, 1.807) is 6.33 Å². The summed E-state index contributed by atoms with van der Waals surface area (Å²) in [5.41, 5.74) is 3.08. The third kappa shape index (κ3) is 4.50. The molecule has 1 aliphatic rings. The minimum Gasteiger partial charge on any atom is -0.376 e. The van der Waals surface area contributed by atoms with Crippen LogP contribution in [0.1, 0.15) is 38.2 Å². The monoisotopic (exact) mass is 392 g/mol. The Labute approximate surface area is 170 Å². The lowest BCUT2D eigenvalue weighted by Gasteiger charge is -2.34. The molecule has 0 aliphatic carbocycles. The van der Waals surface area contributed by atoms with E-state index in [0.717, 1.165) is 48.5 Å². The van der Waals surface area contributed by atoms with Crippen molar-refractivity contribution >= 4 is 28.4 Å². The van der Waals surface area contributed by atoms with E-state index in [1.165, 1.54) is 5.56 Å². The predicted octanol–water partition coefficient (Wildman–Crippen LogP) is 3.28. The maximum atomic E-state index is 12.5. The van der Waals surface area contributed by atoms with Gasteiger partial charge >= 0.3 is 0 Å². The van der Waals surface area contributed by atoms with E-state index in [2.05, 4.69) is 56.5 Å². The second-order valence-corrected chi connectivity index (χ2v) is 7.92. The van der Waals surface area contributed by atoms with Gasteiger partial charge in [-0.05, 0) is 42.5 Å². The van der Waals surface area contributed by atoms with Crippen LogP contribution in [0.2, 0.25) is 0 Å². The van der Waals surface area contributed by atoms with E-state index < -0.39 is 0 Å². The fourth-order valence-electron chi connectivity index (χ4n) is 3.87. The highest BCUT2D eigenvalue weighted by Gasteiger charge is 2.23. The minimum atomic E-state index is 0.0151. The summed E-state index contributed by atoms with van der Waals surface area (Å²) < 4.78 is 0. The zero-order valence-corrected chi connectivity index (χ0v) is 17.0. The molecular weight excluding hydrogens is 364 g/mol. The number of aromatic nitrogens is 3. The average molecular weight is 393 g/mol. The molecule has 2 aromatic heterocycles. The lowest BCUT2D eigenvalue weighted by atomic mass is 10.0. The number of hydrogen-bond acceptors (Lipinski definition) is 5. The number of nitrogens with one attached hydrogen (secondary N) is 3. The molecule has 1 aliphatic heterocycles. The van der Waals surface area contributed by atoms with E-state index in [0.29, 0.717) is 5.92 Å². The molecule has 1 amide bonds. The molecule has 0 unspecified atom stereocenters. The van der Waals surface area contributed by atoms with Crippen LogP contribution in [-0.2, 0) is 4.79 Å². The Morgan fingerprint density at radius 1 is 1.31 bits per heavy atom. The second-order valence-electron chi connectivity index (χ2n) is 7.92. The summed E-state index contributed by atoms with van der Waals surface area (Å²) in [6.07, 6.45) is 5.47. The summed E-state index contributed by atoms with van der Waals surface area (Å²) in [4.78, 5) is 26.6. The van der Waals surface area contributed by atoms with Crippen molar-refractivity contribution in [1.82, 2.24) is 20.3 Å². The van der Waals surface area contributed by atoms with E-state index in [4.69, 9.17) is 0 Å². The maximum absolute atomic E-state index is 12.5. The number of hydrogen-bond donors (Lipinski definition) is 3. The van der Waals surface area contributed by atoms with Crippen LogP contribution in [-0.4, -0.2) is 46.5 Å². The maximum Gasteiger partial charge on any atom is 0.239 e. The number of carbonyl (C=O) groups excluding carboxylic acids is 1. The lowest BCUT2D eigenvalue weighted by molar-refractivity contribution is -0.120. The van der Waals surface area contributed by atoms with Gasteiger partial charge in [-0.3, -0.25) is 4.79 Å². The molecular formula is C22H28N6O. The number of carbonyl (C=O) groups is 1. The van der Waals surface area contributed by atoms with Crippen molar-refractivity contribution in [3.8, 4) is 0 Å². The largest absolute Gasteiger partial charge is 0.376 e. The molecule has 152 valence electrons. The van der Waals surface area contributed by atoms with Crippen LogP contribution in [0.4, 0.5) is 11.5 Å². The first-order chi connectivity index (χ1) is 14.1. The van der Waals surface area contributed by atoms with Gasteiger partial charge in [0.05, 0.1) is 11.9 Å². The number of rotatable bonds is 6. The fourth-order valence-corrected chi connectivity index (χ4v) is 3.87. The van der Waals surface area contributed by atoms with Gasteiger partial charge in [-0.15, -0.1) is 0 Å². The first kappa shape index (κ1) is 19.2. The summed E-state index contributed by atoms with van der Waals surface area (Å²) in [5, 5.41) is 7.44. The summed E-state index contributed by atoms with van der Waals surface area (Å²) in [7, 11) is 0. The number of aromatic amines is 1. The molecule has 3 heterocycles. The van der Waals surface area contributed by atoms with Gasteiger partial charge in [0.15, 0.2) is 0 Å². The quantitative estimate of drug-likeness (QED) is 0.599. The number of piperidine rings is 1. The van der Waals surface area contributed by atoms with Gasteiger partial charge in [0.2, 0.25) is 5.91 Å². The highest BCUT2D eigenvalue weighted by molar-refractivity contribution is 5.87.